The van der Waals surface area contributed by atoms with Crippen LogP contribution in [0.2, 0.25) is 0 Å². The standard InChI is InChI=1S/C32H38F3N3O5S2/c1-32(2,3)43-31(39)38-16-13-20(14-17-38)19-37-24-9-6-8-22-27(28(33)30(34)35)26(44-29(22)24)10-7-15-36-23-12-11-21(45(5,40)41)18-25(23)42-4/h6,8-9,11-12,18,20,28,30,36-37H,13-17,19H2,1-5H3. The van der Waals surface area contributed by atoms with Gasteiger partial charge in [0.15, 0.2) is 16.0 Å². The summed E-state index contributed by atoms with van der Waals surface area (Å²) in [5.74, 6) is 6.32. The average molecular weight is 666 g/mol. The third-order valence-corrected chi connectivity index (χ3v) is 9.55. The Bertz CT molecular complexity index is 1690. The molecule has 1 fully saturated rings. The number of methoxy groups -OCH3 is 1. The van der Waals surface area contributed by atoms with Gasteiger partial charge < -0.3 is 25.0 Å². The molecular weight excluding hydrogens is 627 g/mol. The van der Waals surface area contributed by atoms with Gasteiger partial charge in [0.05, 0.1) is 39.5 Å². The average Bonchev–Trinajstić information content (AvgIpc) is 3.35. The number of carbonyl (C=O) groups is 1. The molecule has 0 saturated carbocycles. The Balaban J connectivity index is 1.49. The van der Waals surface area contributed by atoms with Crippen LogP contribution in [0, 0.1) is 17.8 Å². The van der Waals surface area contributed by atoms with Gasteiger partial charge >= 0.3 is 6.09 Å². The number of sulfone groups is 1. The topological polar surface area (TPSA) is 97.0 Å². The maximum Gasteiger partial charge on any atom is 0.410 e. The van der Waals surface area contributed by atoms with E-state index < -0.39 is 28.0 Å². The number of hydrogen-bond donors (Lipinski definition) is 2. The summed E-state index contributed by atoms with van der Waals surface area (Å²) in [6.45, 7) is 7.33. The van der Waals surface area contributed by atoms with Crippen LogP contribution in [0.4, 0.5) is 29.3 Å². The number of piperidine rings is 1. The summed E-state index contributed by atoms with van der Waals surface area (Å²) in [6, 6.07) is 9.54. The fourth-order valence-electron chi connectivity index (χ4n) is 4.98. The number of alkyl halides is 3. The van der Waals surface area contributed by atoms with E-state index in [9.17, 15) is 26.4 Å². The number of ether oxygens (including phenoxy) is 2. The third kappa shape index (κ3) is 8.76. The van der Waals surface area contributed by atoms with Gasteiger partial charge in [-0.2, -0.15) is 0 Å². The summed E-state index contributed by atoms with van der Waals surface area (Å²) in [5, 5.41) is 6.83. The Morgan fingerprint density at radius 1 is 1.11 bits per heavy atom. The normalized spacial score (nSPS) is 15.0. The Labute approximate surface area is 266 Å². The van der Waals surface area contributed by atoms with Crippen LogP contribution in [0.3, 0.4) is 0 Å². The first-order valence-electron chi connectivity index (χ1n) is 14.5. The molecule has 4 rings (SSSR count). The highest BCUT2D eigenvalue weighted by Gasteiger charge is 2.30. The minimum atomic E-state index is -3.43. The van der Waals surface area contributed by atoms with Gasteiger partial charge in [0, 0.05) is 42.9 Å². The zero-order chi connectivity index (χ0) is 32.9. The molecule has 0 aliphatic carbocycles. The lowest BCUT2D eigenvalue weighted by molar-refractivity contribution is 0.0188. The van der Waals surface area contributed by atoms with Crippen LogP contribution in [0.25, 0.3) is 10.1 Å². The molecule has 1 amide bonds. The minimum absolute atomic E-state index is 0.0704. The molecule has 2 aromatic carbocycles. The molecule has 0 bridgehead atoms. The molecule has 0 radical (unpaired) electrons. The molecule has 1 saturated heterocycles. The fourth-order valence-corrected chi connectivity index (χ4v) is 6.82. The van der Waals surface area contributed by atoms with Gasteiger partial charge in [-0.15, -0.1) is 11.3 Å². The van der Waals surface area contributed by atoms with E-state index >= 15 is 0 Å². The highest BCUT2D eigenvalue weighted by Crippen LogP contribution is 2.42. The quantitative estimate of drug-likeness (QED) is 0.235. The second-order valence-electron chi connectivity index (χ2n) is 11.8. The van der Waals surface area contributed by atoms with E-state index in [2.05, 4.69) is 22.5 Å². The summed E-state index contributed by atoms with van der Waals surface area (Å²) in [7, 11) is -2.02. The Morgan fingerprint density at radius 3 is 2.44 bits per heavy atom. The number of halogens is 3. The molecule has 1 atom stereocenters. The molecule has 3 aromatic rings. The van der Waals surface area contributed by atoms with E-state index in [1.54, 1.807) is 23.1 Å². The van der Waals surface area contributed by atoms with Crippen LogP contribution in [0.15, 0.2) is 41.3 Å². The van der Waals surface area contributed by atoms with E-state index in [0.29, 0.717) is 46.8 Å². The number of carbonyl (C=O) groups excluding carboxylic acids is 1. The summed E-state index contributed by atoms with van der Waals surface area (Å²) >= 11 is 1.15. The van der Waals surface area contributed by atoms with Gasteiger partial charge in [0.25, 0.3) is 6.43 Å². The molecular formula is C32H38F3N3O5S2. The Kier molecular flexibility index (Phi) is 10.8. The number of rotatable bonds is 9. The molecule has 0 spiro atoms. The van der Waals surface area contributed by atoms with Crippen LogP contribution >= 0.6 is 11.3 Å². The zero-order valence-electron chi connectivity index (χ0n) is 25.9. The number of nitrogens with zero attached hydrogens (tertiary/aromatic N) is 1. The summed E-state index contributed by atoms with van der Waals surface area (Å²) in [6.07, 6.45) is -3.39. The second kappa shape index (κ2) is 14.2. The predicted octanol–water partition coefficient (Wildman–Crippen LogP) is 7.11. The number of anilines is 2. The number of amides is 1. The van der Waals surface area contributed by atoms with Gasteiger partial charge in [-0.25, -0.2) is 26.4 Å². The number of nitrogens with one attached hydrogen (secondary N) is 2. The molecule has 8 nitrogen and oxygen atoms in total. The van der Waals surface area contributed by atoms with Gasteiger partial charge in [-0.1, -0.05) is 24.0 Å². The predicted molar refractivity (Wildman–Crippen MR) is 172 cm³/mol. The monoisotopic (exact) mass is 665 g/mol. The lowest BCUT2D eigenvalue weighted by Gasteiger charge is -2.33. The van der Waals surface area contributed by atoms with Crippen molar-refractivity contribution in [3.05, 3.63) is 46.8 Å². The van der Waals surface area contributed by atoms with Crippen molar-refractivity contribution in [3.63, 3.8) is 0 Å². The zero-order valence-corrected chi connectivity index (χ0v) is 27.5. The van der Waals surface area contributed by atoms with Crippen molar-refractivity contribution in [2.24, 2.45) is 5.92 Å². The molecule has 2 heterocycles. The summed E-state index contributed by atoms with van der Waals surface area (Å²) in [5.41, 5.74) is 0.506. The van der Waals surface area contributed by atoms with E-state index in [4.69, 9.17) is 9.47 Å². The van der Waals surface area contributed by atoms with Crippen molar-refractivity contribution < 1.29 is 35.9 Å². The highest BCUT2D eigenvalue weighted by atomic mass is 32.2. The van der Waals surface area contributed by atoms with Crippen molar-refractivity contribution >= 4 is 48.7 Å². The lowest BCUT2D eigenvalue weighted by Crippen LogP contribution is -2.42. The third-order valence-electron chi connectivity index (χ3n) is 7.27. The minimum Gasteiger partial charge on any atom is -0.495 e. The van der Waals surface area contributed by atoms with Crippen molar-refractivity contribution in [2.45, 2.75) is 56.7 Å². The van der Waals surface area contributed by atoms with Gasteiger partial charge in [0.2, 0.25) is 0 Å². The molecule has 45 heavy (non-hydrogen) atoms. The smallest absolute Gasteiger partial charge is 0.410 e. The Morgan fingerprint density at radius 2 is 1.82 bits per heavy atom. The maximum atomic E-state index is 14.9. The number of thiophene rings is 1. The lowest BCUT2D eigenvalue weighted by atomic mass is 9.97. The first-order valence-corrected chi connectivity index (χ1v) is 17.2. The van der Waals surface area contributed by atoms with Crippen LogP contribution < -0.4 is 15.4 Å². The first-order chi connectivity index (χ1) is 21.2. The van der Waals surface area contributed by atoms with Gasteiger partial charge in [-0.05, 0) is 57.7 Å². The van der Waals surface area contributed by atoms with E-state index in [-0.39, 0.29) is 33.9 Å². The Hall–Kier alpha value is -3.63. The first kappa shape index (κ1) is 34.2. The largest absolute Gasteiger partial charge is 0.495 e. The number of benzene rings is 2. The summed E-state index contributed by atoms with van der Waals surface area (Å²) in [4.78, 5) is 14.4. The SMILES string of the molecule is COc1cc(S(C)(=O)=O)ccc1NCC#Cc1sc2c(NCC3CCN(C(=O)OC(C)(C)C)CC3)cccc2c1C(F)C(F)F. The fraction of sp³-hybridized carbons (Fsp3) is 0.469. The molecule has 1 aliphatic rings. The van der Waals surface area contributed by atoms with Crippen molar-refractivity contribution in [1.82, 2.24) is 4.90 Å². The molecule has 1 unspecified atom stereocenters. The molecule has 1 aliphatic heterocycles. The van der Waals surface area contributed by atoms with Crippen LogP contribution in [-0.4, -0.2) is 71.0 Å². The number of likely N-dealkylation sites (tertiary alicyclic amines) is 1. The van der Waals surface area contributed by atoms with Crippen LogP contribution in [0.5, 0.6) is 5.75 Å². The van der Waals surface area contributed by atoms with E-state index in [1.165, 1.54) is 19.2 Å². The molecule has 2 N–H and O–H groups in total. The van der Waals surface area contributed by atoms with Crippen LogP contribution in [0.1, 0.15) is 50.2 Å². The summed E-state index contributed by atoms with van der Waals surface area (Å²) < 4.78 is 77.3. The van der Waals surface area contributed by atoms with Crippen molar-refractivity contribution in [2.75, 3.05) is 50.2 Å². The van der Waals surface area contributed by atoms with Gasteiger partial charge in [-0.3, -0.25) is 0 Å². The highest BCUT2D eigenvalue weighted by molar-refractivity contribution is 7.90. The van der Waals surface area contributed by atoms with Crippen LogP contribution in [-0.2, 0) is 14.6 Å². The second-order valence-corrected chi connectivity index (χ2v) is 14.9. The maximum absolute atomic E-state index is 14.9. The molecule has 1 aromatic heterocycles. The molecule has 13 heteroatoms. The van der Waals surface area contributed by atoms with Gasteiger partial charge in [0.1, 0.15) is 11.4 Å². The number of hydrogen-bond acceptors (Lipinski definition) is 8. The number of fused-ring (bicyclic) bond motifs is 1. The van der Waals surface area contributed by atoms with E-state index in [1.807, 2.05) is 26.8 Å². The van der Waals surface area contributed by atoms with E-state index in [0.717, 1.165) is 30.4 Å². The van der Waals surface area contributed by atoms with Crippen molar-refractivity contribution in [1.29, 1.82) is 0 Å². The van der Waals surface area contributed by atoms with Crippen molar-refractivity contribution in [3.8, 4) is 17.6 Å². The molecule has 244 valence electrons.